The maximum atomic E-state index is 6.07. The van der Waals surface area contributed by atoms with Crippen molar-refractivity contribution in [3.63, 3.8) is 0 Å². The van der Waals surface area contributed by atoms with Crippen LogP contribution in [-0.2, 0) is 14.2 Å². The Labute approximate surface area is 90.3 Å². The molecular weight excluding hydrogens is 194 g/mol. The van der Waals surface area contributed by atoms with Gasteiger partial charge in [0.25, 0.3) is 0 Å². The molecule has 15 heavy (non-hydrogen) atoms. The van der Waals surface area contributed by atoms with Crippen LogP contribution in [-0.4, -0.2) is 45.3 Å². The van der Waals surface area contributed by atoms with Gasteiger partial charge in [0.1, 0.15) is 5.72 Å². The zero-order chi connectivity index (χ0) is 10.2. The van der Waals surface area contributed by atoms with Crippen LogP contribution in [0.5, 0.6) is 0 Å². The monoisotopic (exact) mass is 213 g/mol. The van der Waals surface area contributed by atoms with E-state index in [2.05, 4.69) is 5.32 Å². The minimum Gasteiger partial charge on any atom is -0.381 e. The van der Waals surface area contributed by atoms with Gasteiger partial charge in [-0.05, 0) is 12.8 Å². The van der Waals surface area contributed by atoms with E-state index in [0.29, 0.717) is 0 Å². The fourth-order valence-electron chi connectivity index (χ4n) is 2.56. The van der Waals surface area contributed by atoms with E-state index in [0.717, 1.165) is 58.8 Å². The van der Waals surface area contributed by atoms with Crippen molar-refractivity contribution < 1.29 is 14.2 Å². The molecule has 2 spiro atoms. The molecule has 0 saturated carbocycles. The molecule has 1 atom stereocenters. The average Bonchev–Trinajstić information content (AvgIpc) is 2.43. The zero-order valence-electron chi connectivity index (χ0n) is 9.09. The maximum Gasteiger partial charge on any atom is 0.121 e. The lowest BCUT2D eigenvalue weighted by atomic mass is 9.84. The quantitative estimate of drug-likeness (QED) is 0.637. The SMILES string of the molecule is C1COCCC2(C1)NCC1(COC1)CO2. The van der Waals surface area contributed by atoms with Crippen LogP contribution in [0, 0.1) is 5.41 Å². The maximum absolute atomic E-state index is 6.07. The highest BCUT2D eigenvalue weighted by molar-refractivity contribution is 4.95. The Morgan fingerprint density at radius 2 is 1.87 bits per heavy atom. The topological polar surface area (TPSA) is 39.7 Å². The van der Waals surface area contributed by atoms with Gasteiger partial charge in [0.15, 0.2) is 0 Å². The molecule has 0 amide bonds. The Morgan fingerprint density at radius 1 is 0.933 bits per heavy atom. The summed E-state index contributed by atoms with van der Waals surface area (Å²) in [5, 5.41) is 3.58. The first-order valence-corrected chi connectivity index (χ1v) is 5.87. The van der Waals surface area contributed by atoms with Gasteiger partial charge < -0.3 is 14.2 Å². The predicted molar refractivity (Wildman–Crippen MR) is 54.6 cm³/mol. The van der Waals surface area contributed by atoms with E-state index in [1.54, 1.807) is 0 Å². The average molecular weight is 213 g/mol. The molecule has 3 fully saturated rings. The Morgan fingerprint density at radius 3 is 2.53 bits per heavy atom. The molecule has 4 nitrogen and oxygen atoms in total. The molecule has 0 radical (unpaired) electrons. The van der Waals surface area contributed by atoms with E-state index in [4.69, 9.17) is 14.2 Å². The summed E-state index contributed by atoms with van der Waals surface area (Å²) in [5.41, 5.74) is 0.176. The van der Waals surface area contributed by atoms with Crippen LogP contribution in [0.1, 0.15) is 19.3 Å². The second-order valence-corrected chi connectivity index (χ2v) is 5.10. The highest BCUT2D eigenvalue weighted by atomic mass is 16.5. The van der Waals surface area contributed by atoms with Crippen LogP contribution in [0.15, 0.2) is 0 Å². The van der Waals surface area contributed by atoms with Crippen molar-refractivity contribution in [3.05, 3.63) is 0 Å². The van der Waals surface area contributed by atoms with E-state index in [1.807, 2.05) is 0 Å². The summed E-state index contributed by atoms with van der Waals surface area (Å²) in [4.78, 5) is 0. The van der Waals surface area contributed by atoms with Crippen LogP contribution in [0.25, 0.3) is 0 Å². The van der Waals surface area contributed by atoms with Crippen molar-refractivity contribution in [1.82, 2.24) is 5.32 Å². The number of hydrogen-bond donors (Lipinski definition) is 1. The molecule has 3 aliphatic heterocycles. The van der Waals surface area contributed by atoms with Gasteiger partial charge in [-0.15, -0.1) is 0 Å². The molecular formula is C11H19NO3. The summed E-state index contributed by atoms with van der Waals surface area (Å²) in [6.07, 6.45) is 3.14. The standard InChI is InChI=1S/C11H19NO3/c1-2-11(3-5-13-4-1)12-6-10(9-15-11)7-14-8-10/h12H,1-9H2. The normalized spacial score (nSPS) is 40.0. The van der Waals surface area contributed by atoms with E-state index in [-0.39, 0.29) is 11.1 Å². The van der Waals surface area contributed by atoms with Crippen molar-refractivity contribution in [2.24, 2.45) is 5.41 Å². The first-order chi connectivity index (χ1) is 7.33. The molecule has 0 aliphatic carbocycles. The van der Waals surface area contributed by atoms with Crippen LogP contribution in [0.3, 0.4) is 0 Å². The van der Waals surface area contributed by atoms with Gasteiger partial charge in [-0.2, -0.15) is 0 Å². The molecule has 1 N–H and O–H groups in total. The minimum atomic E-state index is -0.0999. The second-order valence-electron chi connectivity index (χ2n) is 5.10. The Kier molecular flexibility index (Phi) is 2.47. The Bertz CT molecular complexity index is 220. The summed E-state index contributed by atoms with van der Waals surface area (Å²) in [5.74, 6) is 0. The van der Waals surface area contributed by atoms with E-state index >= 15 is 0 Å². The van der Waals surface area contributed by atoms with Gasteiger partial charge in [-0.25, -0.2) is 0 Å². The number of nitrogens with one attached hydrogen (secondary N) is 1. The zero-order valence-corrected chi connectivity index (χ0v) is 9.09. The van der Waals surface area contributed by atoms with Crippen molar-refractivity contribution in [2.45, 2.75) is 25.0 Å². The molecule has 3 aliphatic rings. The van der Waals surface area contributed by atoms with Crippen LogP contribution >= 0.6 is 0 Å². The Balaban J connectivity index is 1.63. The van der Waals surface area contributed by atoms with Crippen LogP contribution < -0.4 is 5.32 Å². The van der Waals surface area contributed by atoms with Gasteiger partial charge in [0.05, 0.1) is 31.8 Å². The van der Waals surface area contributed by atoms with Gasteiger partial charge >= 0.3 is 0 Å². The highest BCUT2D eigenvalue weighted by Gasteiger charge is 2.47. The third-order valence-corrected chi connectivity index (χ3v) is 3.78. The summed E-state index contributed by atoms with van der Waals surface area (Å²) in [6.45, 7) is 5.28. The first kappa shape index (κ1) is 10.0. The summed E-state index contributed by atoms with van der Waals surface area (Å²) < 4.78 is 16.8. The van der Waals surface area contributed by atoms with E-state index in [1.165, 1.54) is 0 Å². The molecule has 0 aromatic carbocycles. The van der Waals surface area contributed by atoms with E-state index < -0.39 is 0 Å². The van der Waals surface area contributed by atoms with Crippen LogP contribution in [0.4, 0.5) is 0 Å². The van der Waals surface area contributed by atoms with Crippen molar-refractivity contribution in [3.8, 4) is 0 Å². The molecule has 0 aromatic rings. The second kappa shape index (κ2) is 3.70. The molecule has 3 saturated heterocycles. The number of rotatable bonds is 0. The van der Waals surface area contributed by atoms with Crippen molar-refractivity contribution in [1.29, 1.82) is 0 Å². The fourth-order valence-corrected chi connectivity index (χ4v) is 2.56. The predicted octanol–water partition coefficient (Wildman–Crippen LogP) is 0.520. The minimum absolute atomic E-state index is 0.0999. The summed E-state index contributed by atoms with van der Waals surface area (Å²) >= 11 is 0. The smallest absolute Gasteiger partial charge is 0.121 e. The summed E-state index contributed by atoms with van der Waals surface area (Å²) in [7, 11) is 0. The third kappa shape index (κ3) is 1.80. The highest BCUT2D eigenvalue weighted by Crippen LogP contribution is 2.36. The third-order valence-electron chi connectivity index (χ3n) is 3.78. The lowest BCUT2D eigenvalue weighted by molar-refractivity contribution is -0.224. The fraction of sp³-hybridized carbons (Fsp3) is 1.00. The Hall–Kier alpha value is -0.160. The number of hydrogen-bond acceptors (Lipinski definition) is 4. The molecule has 4 heteroatoms. The van der Waals surface area contributed by atoms with Gasteiger partial charge in [-0.1, -0.05) is 0 Å². The van der Waals surface area contributed by atoms with Crippen molar-refractivity contribution in [2.75, 3.05) is 39.6 Å². The largest absolute Gasteiger partial charge is 0.381 e. The van der Waals surface area contributed by atoms with Gasteiger partial charge in [0.2, 0.25) is 0 Å². The first-order valence-electron chi connectivity index (χ1n) is 5.87. The molecule has 1 unspecified atom stereocenters. The lowest BCUT2D eigenvalue weighted by Crippen LogP contribution is -2.64. The summed E-state index contributed by atoms with van der Waals surface area (Å²) in [6, 6.07) is 0. The van der Waals surface area contributed by atoms with Crippen molar-refractivity contribution >= 4 is 0 Å². The molecule has 3 heterocycles. The van der Waals surface area contributed by atoms with Crippen LogP contribution in [0.2, 0.25) is 0 Å². The lowest BCUT2D eigenvalue weighted by Gasteiger charge is -2.50. The molecule has 0 aromatic heterocycles. The van der Waals surface area contributed by atoms with E-state index in [9.17, 15) is 0 Å². The molecule has 86 valence electrons. The number of ether oxygens (including phenoxy) is 3. The molecule has 3 rings (SSSR count). The van der Waals surface area contributed by atoms with Gasteiger partial charge in [0, 0.05) is 19.6 Å². The van der Waals surface area contributed by atoms with Gasteiger partial charge in [-0.3, -0.25) is 5.32 Å². The molecule has 0 bridgehead atoms.